The largest absolute Gasteiger partial charge is 0.395 e. The van der Waals surface area contributed by atoms with E-state index in [9.17, 15) is 16.8 Å². The molecule has 96 valence electrons. The van der Waals surface area contributed by atoms with Crippen LogP contribution in [0.3, 0.4) is 0 Å². The van der Waals surface area contributed by atoms with Crippen LogP contribution in [0.15, 0.2) is 0 Å². The second-order valence-corrected chi connectivity index (χ2v) is 8.50. The maximum absolute atomic E-state index is 11.8. The molecule has 0 radical (unpaired) electrons. The molecule has 0 spiro atoms. The predicted molar refractivity (Wildman–Crippen MR) is 60.1 cm³/mol. The molecule has 0 bridgehead atoms. The van der Waals surface area contributed by atoms with E-state index in [0.717, 1.165) is 29.8 Å². The average Bonchev–Trinajstić information content (AvgIpc) is 1.95. The summed E-state index contributed by atoms with van der Waals surface area (Å²) in [6, 6.07) is -0.140. The van der Waals surface area contributed by atoms with Crippen molar-refractivity contribution in [1.82, 2.24) is 4.31 Å². The number of aliphatic hydroxyl groups excluding tert-OH is 1. The van der Waals surface area contributed by atoms with Gasteiger partial charge in [-0.15, -0.1) is 0 Å². The number of hydrogen-bond acceptors (Lipinski definition) is 5. The first-order valence-electron chi connectivity index (χ1n) is 5.04. The molecule has 1 fully saturated rings. The topological polar surface area (TPSA) is 91.8 Å². The van der Waals surface area contributed by atoms with E-state index in [-0.39, 0.29) is 19.2 Å². The van der Waals surface area contributed by atoms with E-state index in [2.05, 4.69) is 0 Å². The fourth-order valence-electron chi connectivity index (χ4n) is 1.66. The van der Waals surface area contributed by atoms with Crippen LogP contribution in [0.5, 0.6) is 0 Å². The fraction of sp³-hybridized carbons (Fsp3) is 1.00. The minimum absolute atomic E-state index is 0.0253. The molecule has 0 heterocycles. The van der Waals surface area contributed by atoms with Gasteiger partial charge >= 0.3 is 0 Å². The third-order valence-electron chi connectivity index (χ3n) is 2.52. The maximum atomic E-state index is 11.8. The lowest BCUT2D eigenvalue weighted by Crippen LogP contribution is -2.47. The Balaban J connectivity index is 2.83. The molecule has 1 rings (SSSR count). The van der Waals surface area contributed by atoms with Crippen molar-refractivity contribution < 1.29 is 21.9 Å². The number of aliphatic hydroxyl groups is 1. The molecule has 1 N–H and O–H groups in total. The maximum Gasteiger partial charge on any atom is 0.228 e. The van der Waals surface area contributed by atoms with Gasteiger partial charge in [0.1, 0.15) is 0 Å². The van der Waals surface area contributed by atoms with Gasteiger partial charge in [0, 0.05) is 18.8 Å². The Labute approximate surface area is 96.2 Å². The second-order valence-electron chi connectivity index (χ2n) is 4.07. The van der Waals surface area contributed by atoms with Gasteiger partial charge in [-0.1, -0.05) is 6.42 Å². The number of rotatable bonds is 6. The minimum atomic E-state index is -3.82. The molecule has 0 aromatic rings. The van der Waals surface area contributed by atoms with Crippen LogP contribution in [-0.4, -0.2) is 56.8 Å². The van der Waals surface area contributed by atoms with E-state index in [0.29, 0.717) is 0 Å². The van der Waals surface area contributed by atoms with Crippen molar-refractivity contribution in [2.45, 2.75) is 25.3 Å². The van der Waals surface area contributed by atoms with Crippen molar-refractivity contribution in [3.05, 3.63) is 0 Å². The number of hydrogen-bond donors (Lipinski definition) is 1. The molecular weight excluding hydrogens is 254 g/mol. The Kier molecular flexibility index (Phi) is 4.33. The lowest BCUT2D eigenvalue weighted by molar-refractivity contribution is 0.179. The van der Waals surface area contributed by atoms with Gasteiger partial charge in [-0.05, 0) is 12.8 Å². The standard InChI is InChI=1S/C8H17NO5S2/c1-15(11,12)7-16(13,14)9(5-6-10)8-3-2-4-8/h8,10H,2-7H2,1H3. The molecule has 1 aliphatic carbocycles. The predicted octanol–water partition coefficient (Wildman–Crippen LogP) is -0.835. The molecule has 0 saturated heterocycles. The van der Waals surface area contributed by atoms with Gasteiger partial charge in [0.2, 0.25) is 10.0 Å². The molecule has 1 aliphatic rings. The number of sulfonamides is 1. The van der Waals surface area contributed by atoms with Gasteiger partial charge in [0.25, 0.3) is 0 Å². The fourth-order valence-corrected chi connectivity index (χ4v) is 5.39. The Morgan fingerprint density at radius 2 is 1.81 bits per heavy atom. The Morgan fingerprint density at radius 3 is 2.12 bits per heavy atom. The average molecular weight is 271 g/mol. The van der Waals surface area contributed by atoms with Crippen LogP contribution in [0.2, 0.25) is 0 Å². The summed E-state index contributed by atoms with van der Waals surface area (Å²) >= 11 is 0. The van der Waals surface area contributed by atoms with Crippen LogP contribution in [0.1, 0.15) is 19.3 Å². The van der Waals surface area contributed by atoms with E-state index < -0.39 is 24.9 Å². The summed E-state index contributed by atoms with van der Waals surface area (Å²) < 4.78 is 46.8. The Bertz CT molecular complexity index is 423. The van der Waals surface area contributed by atoms with Crippen molar-refractivity contribution in [3.63, 3.8) is 0 Å². The van der Waals surface area contributed by atoms with Crippen LogP contribution < -0.4 is 0 Å². The van der Waals surface area contributed by atoms with Gasteiger partial charge in [-0.25, -0.2) is 16.8 Å². The smallest absolute Gasteiger partial charge is 0.228 e. The molecule has 0 aromatic carbocycles. The lowest BCUT2D eigenvalue weighted by Gasteiger charge is -2.35. The zero-order valence-electron chi connectivity index (χ0n) is 9.16. The summed E-state index contributed by atoms with van der Waals surface area (Å²) in [4.78, 5) is 0. The molecule has 8 heteroatoms. The third kappa shape index (κ3) is 3.69. The minimum Gasteiger partial charge on any atom is -0.395 e. The van der Waals surface area contributed by atoms with Gasteiger partial charge in [0.05, 0.1) is 6.61 Å². The summed E-state index contributed by atoms with van der Waals surface area (Å²) in [5.41, 5.74) is 0. The SMILES string of the molecule is CS(=O)(=O)CS(=O)(=O)N(CCO)C1CCC1. The van der Waals surface area contributed by atoms with E-state index in [1.54, 1.807) is 0 Å². The summed E-state index contributed by atoms with van der Waals surface area (Å²) in [5.74, 6) is 0. The molecule has 0 atom stereocenters. The first-order chi connectivity index (χ1) is 7.26. The highest BCUT2D eigenvalue weighted by Gasteiger charge is 2.35. The normalized spacial score (nSPS) is 18.7. The van der Waals surface area contributed by atoms with E-state index >= 15 is 0 Å². The Hall–Kier alpha value is -0.180. The van der Waals surface area contributed by atoms with Gasteiger partial charge in [-0.2, -0.15) is 4.31 Å². The molecule has 0 aliphatic heterocycles. The van der Waals surface area contributed by atoms with E-state index in [1.165, 1.54) is 0 Å². The molecule has 0 amide bonds. The molecule has 16 heavy (non-hydrogen) atoms. The van der Waals surface area contributed by atoms with Crippen molar-refractivity contribution in [2.24, 2.45) is 0 Å². The first kappa shape index (κ1) is 13.9. The summed E-state index contributed by atoms with van der Waals surface area (Å²) in [5, 5.41) is 7.93. The van der Waals surface area contributed by atoms with Crippen LogP contribution >= 0.6 is 0 Å². The lowest BCUT2D eigenvalue weighted by atomic mass is 9.93. The molecule has 0 aromatic heterocycles. The highest BCUT2D eigenvalue weighted by Crippen LogP contribution is 2.27. The zero-order valence-corrected chi connectivity index (χ0v) is 10.8. The van der Waals surface area contributed by atoms with Crippen LogP contribution in [0.4, 0.5) is 0 Å². The monoisotopic (exact) mass is 271 g/mol. The van der Waals surface area contributed by atoms with Crippen LogP contribution in [0.25, 0.3) is 0 Å². The van der Waals surface area contributed by atoms with Crippen molar-refractivity contribution >= 4 is 19.9 Å². The van der Waals surface area contributed by atoms with Gasteiger partial charge in [-0.3, -0.25) is 0 Å². The molecular formula is C8H17NO5S2. The highest BCUT2D eigenvalue weighted by molar-refractivity contribution is 8.06. The summed E-state index contributed by atoms with van der Waals surface area (Å²) in [6.07, 6.45) is 3.31. The van der Waals surface area contributed by atoms with Crippen molar-refractivity contribution in [1.29, 1.82) is 0 Å². The first-order valence-corrected chi connectivity index (χ1v) is 8.71. The second kappa shape index (κ2) is 4.99. The highest BCUT2D eigenvalue weighted by atomic mass is 32.3. The van der Waals surface area contributed by atoms with Crippen LogP contribution in [-0.2, 0) is 19.9 Å². The van der Waals surface area contributed by atoms with Crippen LogP contribution in [0, 0.1) is 0 Å². The quantitative estimate of drug-likeness (QED) is 0.680. The van der Waals surface area contributed by atoms with Gasteiger partial charge < -0.3 is 5.11 Å². The number of sulfone groups is 1. The third-order valence-corrected chi connectivity index (χ3v) is 6.62. The molecule has 1 saturated carbocycles. The Morgan fingerprint density at radius 1 is 1.25 bits per heavy atom. The summed E-state index contributed by atoms with van der Waals surface area (Å²) in [7, 11) is -7.39. The molecule has 0 unspecified atom stereocenters. The van der Waals surface area contributed by atoms with E-state index in [4.69, 9.17) is 5.11 Å². The van der Waals surface area contributed by atoms with Crippen molar-refractivity contribution in [3.8, 4) is 0 Å². The van der Waals surface area contributed by atoms with Crippen molar-refractivity contribution in [2.75, 3.05) is 24.5 Å². The summed E-state index contributed by atoms with van der Waals surface area (Å²) in [6.45, 7) is -0.317. The van der Waals surface area contributed by atoms with E-state index in [1.807, 2.05) is 0 Å². The molecule has 6 nitrogen and oxygen atoms in total. The number of nitrogens with zero attached hydrogens (tertiary/aromatic N) is 1. The van der Waals surface area contributed by atoms with Gasteiger partial charge in [0.15, 0.2) is 14.9 Å². The zero-order chi connectivity index (χ0) is 12.4.